The summed E-state index contributed by atoms with van der Waals surface area (Å²) in [6.07, 6.45) is 3.98. The van der Waals surface area contributed by atoms with Crippen molar-refractivity contribution in [2.45, 2.75) is 12.8 Å². The van der Waals surface area contributed by atoms with E-state index in [-0.39, 0.29) is 0 Å². The first-order valence-corrected chi connectivity index (χ1v) is 10.1. The standard InChI is InChI=1S/C22H24N6O/c23-20-8-7-17(15-24-20)18-14-21(26-22(25-18)27-10-12-29-13-11-27)28-9-3-5-16-4-1-2-6-19(16)28/h1-2,4,6-8,14-15H,3,5,9-13H2,(H2,23,24). The number of hydrogen-bond donors (Lipinski definition) is 1. The van der Waals surface area contributed by atoms with Gasteiger partial charge in [-0.05, 0) is 36.6 Å². The Hall–Kier alpha value is -3.19. The third-order valence-electron chi connectivity index (χ3n) is 5.46. The molecule has 0 bridgehead atoms. The van der Waals surface area contributed by atoms with E-state index in [0.29, 0.717) is 19.0 Å². The Morgan fingerprint density at radius 3 is 2.66 bits per heavy atom. The first kappa shape index (κ1) is 17.9. The van der Waals surface area contributed by atoms with Crippen molar-refractivity contribution in [2.24, 2.45) is 0 Å². The molecule has 3 aromatic rings. The van der Waals surface area contributed by atoms with E-state index in [9.17, 15) is 0 Å². The maximum absolute atomic E-state index is 5.78. The molecule has 0 unspecified atom stereocenters. The summed E-state index contributed by atoms with van der Waals surface area (Å²) in [7, 11) is 0. The molecule has 0 spiro atoms. The summed E-state index contributed by atoms with van der Waals surface area (Å²) in [5, 5.41) is 0. The number of morpholine rings is 1. The molecule has 0 saturated carbocycles. The van der Waals surface area contributed by atoms with Crippen LogP contribution in [0.1, 0.15) is 12.0 Å². The molecule has 0 radical (unpaired) electrons. The van der Waals surface area contributed by atoms with E-state index in [4.69, 9.17) is 20.4 Å². The molecule has 2 N–H and O–H groups in total. The first-order chi connectivity index (χ1) is 14.3. The number of nitrogens with two attached hydrogens (primary N) is 1. The Kier molecular flexibility index (Phi) is 4.73. The lowest BCUT2D eigenvalue weighted by Gasteiger charge is -2.32. The van der Waals surface area contributed by atoms with E-state index in [1.807, 2.05) is 12.1 Å². The lowest BCUT2D eigenvalue weighted by Crippen LogP contribution is -2.37. The van der Waals surface area contributed by atoms with Crippen LogP contribution in [-0.4, -0.2) is 47.8 Å². The second-order valence-corrected chi connectivity index (χ2v) is 7.37. The van der Waals surface area contributed by atoms with Gasteiger partial charge in [-0.2, -0.15) is 4.98 Å². The van der Waals surface area contributed by atoms with Gasteiger partial charge < -0.3 is 20.3 Å². The highest BCUT2D eigenvalue weighted by Crippen LogP contribution is 2.34. The number of para-hydroxylation sites is 1. The number of rotatable bonds is 3. The Balaban J connectivity index is 1.61. The molecule has 2 aliphatic heterocycles. The SMILES string of the molecule is Nc1ccc(-c2cc(N3CCCc4ccccc43)nc(N3CCOCC3)n2)cn1. The van der Waals surface area contributed by atoms with Gasteiger partial charge in [0, 0.05) is 43.1 Å². The van der Waals surface area contributed by atoms with Crippen molar-refractivity contribution in [3.8, 4) is 11.3 Å². The summed E-state index contributed by atoms with van der Waals surface area (Å²) < 4.78 is 5.51. The number of pyridine rings is 1. The highest BCUT2D eigenvalue weighted by atomic mass is 16.5. The van der Waals surface area contributed by atoms with E-state index in [0.717, 1.165) is 55.5 Å². The molecule has 7 heteroatoms. The van der Waals surface area contributed by atoms with Gasteiger partial charge in [0.15, 0.2) is 0 Å². The summed E-state index contributed by atoms with van der Waals surface area (Å²) in [6, 6.07) is 14.4. The molecule has 5 rings (SSSR count). The average Bonchev–Trinajstić information content (AvgIpc) is 2.79. The second kappa shape index (κ2) is 7.67. The van der Waals surface area contributed by atoms with Gasteiger partial charge >= 0.3 is 0 Å². The monoisotopic (exact) mass is 388 g/mol. The molecule has 0 amide bonds. The van der Waals surface area contributed by atoms with E-state index in [1.54, 1.807) is 6.20 Å². The summed E-state index contributed by atoms with van der Waals surface area (Å²) in [6.45, 7) is 3.91. The molecular formula is C22H24N6O. The Morgan fingerprint density at radius 2 is 1.83 bits per heavy atom. The van der Waals surface area contributed by atoms with Crippen LogP contribution in [0.2, 0.25) is 0 Å². The number of hydrogen-bond acceptors (Lipinski definition) is 7. The molecule has 2 aromatic heterocycles. The lowest BCUT2D eigenvalue weighted by molar-refractivity contribution is 0.122. The second-order valence-electron chi connectivity index (χ2n) is 7.37. The van der Waals surface area contributed by atoms with E-state index in [2.05, 4.69) is 45.1 Å². The molecule has 1 fully saturated rings. The van der Waals surface area contributed by atoms with E-state index in [1.165, 1.54) is 11.3 Å². The number of nitrogens with zero attached hydrogens (tertiary/aromatic N) is 5. The van der Waals surface area contributed by atoms with Crippen LogP contribution in [0.25, 0.3) is 11.3 Å². The van der Waals surface area contributed by atoms with Crippen LogP contribution in [0.15, 0.2) is 48.7 Å². The van der Waals surface area contributed by atoms with Crippen LogP contribution in [0.4, 0.5) is 23.3 Å². The fourth-order valence-electron chi connectivity index (χ4n) is 3.94. The minimum absolute atomic E-state index is 0.501. The third kappa shape index (κ3) is 3.61. The number of aromatic nitrogens is 3. The molecular weight excluding hydrogens is 364 g/mol. The topological polar surface area (TPSA) is 80.4 Å². The van der Waals surface area contributed by atoms with Crippen molar-refractivity contribution in [1.29, 1.82) is 0 Å². The summed E-state index contributed by atoms with van der Waals surface area (Å²) in [5.74, 6) is 2.16. The van der Waals surface area contributed by atoms with Gasteiger partial charge in [-0.3, -0.25) is 0 Å². The molecule has 148 valence electrons. The maximum atomic E-state index is 5.78. The van der Waals surface area contributed by atoms with Crippen LogP contribution in [-0.2, 0) is 11.2 Å². The van der Waals surface area contributed by atoms with Crippen molar-refractivity contribution in [1.82, 2.24) is 15.0 Å². The van der Waals surface area contributed by atoms with Crippen molar-refractivity contribution in [3.05, 3.63) is 54.2 Å². The summed E-state index contributed by atoms with van der Waals surface area (Å²) in [5.41, 5.74) is 10.2. The van der Waals surface area contributed by atoms with E-state index < -0.39 is 0 Å². The highest BCUT2D eigenvalue weighted by Gasteiger charge is 2.22. The van der Waals surface area contributed by atoms with Gasteiger partial charge in [-0.25, -0.2) is 9.97 Å². The third-order valence-corrected chi connectivity index (χ3v) is 5.46. The van der Waals surface area contributed by atoms with Crippen LogP contribution in [0, 0.1) is 0 Å². The fraction of sp³-hybridized carbons (Fsp3) is 0.318. The predicted molar refractivity (Wildman–Crippen MR) is 114 cm³/mol. The number of aryl methyl sites for hydroxylation is 1. The smallest absolute Gasteiger partial charge is 0.228 e. The van der Waals surface area contributed by atoms with Crippen molar-refractivity contribution in [3.63, 3.8) is 0 Å². The van der Waals surface area contributed by atoms with Crippen LogP contribution < -0.4 is 15.5 Å². The number of benzene rings is 1. The van der Waals surface area contributed by atoms with Crippen LogP contribution >= 0.6 is 0 Å². The highest BCUT2D eigenvalue weighted by molar-refractivity contribution is 5.71. The van der Waals surface area contributed by atoms with Crippen molar-refractivity contribution >= 4 is 23.3 Å². The molecule has 7 nitrogen and oxygen atoms in total. The maximum Gasteiger partial charge on any atom is 0.228 e. The van der Waals surface area contributed by atoms with Crippen molar-refractivity contribution < 1.29 is 4.74 Å². The Bertz CT molecular complexity index is 1000. The van der Waals surface area contributed by atoms with Gasteiger partial charge in [-0.1, -0.05) is 18.2 Å². The fourth-order valence-corrected chi connectivity index (χ4v) is 3.94. The molecule has 2 aliphatic rings. The molecule has 0 atom stereocenters. The Morgan fingerprint density at radius 1 is 0.966 bits per heavy atom. The number of ether oxygens (including phenoxy) is 1. The zero-order chi connectivity index (χ0) is 19.6. The molecule has 1 aromatic carbocycles. The zero-order valence-corrected chi connectivity index (χ0v) is 16.3. The minimum Gasteiger partial charge on any atom is -0.384 e. The number of anilines is 4. The molecule has 29 heavy (non-hydrogen) atoms. The molecule has 0 aliphatic carbocycles. The zero-order valence-electron chi connectivity index (χ0n) is 16.3. The quantitative estimate of drug-likeness (QED) is 0.739. The first-order valence-electron chi connectivity index (χ1n) is 10.1. The lowest BCUT2D eigenvalue weighted by atomic mass is 10.0. The van der Waals surface area contributed by atoms with Crippen LogP contribution in [0.3, 0.4) is 0 Å². The summed E-state index contributed by atoms with van der Waals surface area (Å²) >= 11 is 0. The van der Waals surface area contributed by atoms with Gasteiger partial charge in [0.05, 0.1) is 18.9 Å². The number of nitrogen functional groups attached to an aromatic ring is 1. The summed E-state index contributed by atoms with van der Waals surface area (Å²) in [4.78, 5) is 18.6. The molecule has 1 saturated heterocycles. The average molecular weight is 388 g/mol. The van der Waals surface area contributed by atoms with E-state index >= 15 is 0 Å². The predicted octanol–water partition coefficient (Wildman–Crippen LogP) is 3.04. The van der Waals surface area contributed by atoms with Gasteiger partial charge in [0.2, 0.25) is 5.95 Å². The van der Waals surface area contributed by atoms with Gasteiger partial charge in [0.25, 0.3) is 0 Å². The normalized spacial score (nSPS) is 16.6. The largest absolute Gasteiger partial charge is 0.384 e. The molecule has 4 heterocycles. The van der Waals surface area contributed by atoms with Gasteiger partial charge in [-0.15, -0.1) is 0 Å². The minimum atomic E-state index is 0.501. The van der Waals surface area contributed by atoms with Gasteiger partial charge in [0.1, 0.15) is 11.6 Å². The van der Waals surface area contributed by atoms with Crippen LogP contribution in [0.5, 0.6) is 0 Å². The van der Waals surface area contributed by atoms with Crippen molar-refractivity contribution in [2.75, 3.05) is 48.4 Å². The number of fused-ring (bicyclic) bond motifs is 1. The Labute approximate surface area is 170 Å².